The Kier molecular flexibility index (Phi) is 1.31. The van der Waals surface area contributed by atoms with Gasteiger partial charge in [0.2, 0.25) is 0 Å². The van der Waals surface area contributed by atoms with Crippen molar-refractivity contribution in [2.45, 2.75) is 0 Å². The fourth-order valence-corrected chi connectivity index (χ4v) is 0.905. The lowest BCUT2D eigenvalue weighted by Gasteiger charge is -2.07. The second-order valence-electron chi connectivity index (χ2n) is 1.09. The van der Waals surface area contributed by atoms with E-state index in [0.29, 0.717) is 6.67 Å². The van der Waals surface area contributed by atoms with Crippen LogP contribution < -0.4 is 9.79 Å². The molecule has 0 bridgehead atoms. The van der Waals surface area contributed by atoms with Crippen molar-refractivity contribution in [1.82, 2.24) is 5.32 Å². The zero-order valence-electron chi connectivity index (χ0n) is 3.23. The van der Waals surface area contributed by atoms with E-state index < -0.39 is 0 Å². The Morgan fingerprint density at radius 3 is 2.83 bits per heavy atom. The summed E-state index contributed by atoms with van der Waals surface area (Å²) in [6.07, 6.45) is 0. The Hall–Kier alpha value is 0.230. The molecular formula is C2H6N2OS. The van der Waals surface area contributed by atoms with Crippen molar-refractivity contribution in [3.63, 3.8) is 0 Å². The quantitative estimate of drug-likeness (QED) is 0.293. The van der Waals surface area contributed by atoms with E-state index in [1.165, 1.54) is 11.9 Å². The number of rotatable bonds is 0. The van der Waals surface area contributed by atoms with Gasteiger partial charge in [-0.2, -0.15) is 0 Å². The highest BCUT2D eigenvalue weighted by Crippen LogP contribution is 1.82. The Balaban J connectivity index is 2.18. The smallest absolute Gasteiger partial charge is 0.142 e. The summed E-state index contributed by atoms with van der Waals surface area (Å²) in [5, 5.41) is 13.0. The summed E-state index contributed by atoms with van der Waals surface area (Å²) in [6, 6.07) is 0. The molecule has 1 fully saturated rings. The van der Waals surface area contributed by atoms with Crippen LogP contribution in [-0.2, 0) is 0 Å². The molecule has 1 heterocycles. The van der Waals surface area contributed by atoms with Gasteiger partial charge in [-0.15, -0.1) is 0 Å². The average Bonchev–Trinajstić information content (AvgIpc) is 1.86. The highest BCUT2D eigenvalue weighted by atomic mass is 32.2. The minimum absolute atomic E-state index is 0.259. The summed E-state index contributed by atoms with van der Waals surface area (Å²) in [5.41, 5.74) is 0. The van der Waals surface area contributed by atoms with Crippen molar-refractivity contribution < 1.29 is 4.47 Å². The van der Waals surface area contributed by atoms with Crippen LogP contribution >= 0.6 is 11.9 Å². The molecule has 1 aliphatic heterocycles. The molecule has 1 saturated heterocycles. The van der Waals surface area contributed by atoms with E-state index in [2.05, 4.69) is 5.32 Å². The first-order chi connectivity index (χ1) is 2.89. The third kappa shape index (κ3) is 0.844. The zero-order chi connectivity index (χ0) is 4.41. The van der Waals surface area contributed by atoms with Crippen LogP contribution in [0, 0.1) is 5.21 Å². The molecule has 4 heteroatoms. The summed E-state index contributed by atoms with van der Waals surface area (Å²) >= 11 is 1.35. The first-order valence-electron chi connectivity index (χ1n) is 1.76. The first kappa shape index (κ1) is 4.39. The Morgan fingerprint density at radius 1 is 1.83 bits per heavy atom. The molecule has 0 aliphatic carbocycles. The Bertz CT molecular complexity index is 44.8. The molecule has 2 N–H and O–H groups in total. The van der Waals surface area contributed by atoms with Gasteiger partial charge >= 0.3 is 0 Å². The SMILES string of the molecule is [O-][NH+]1CNCS1. The first-order valence-corrected chi connectivity index (χ1v) is 2.74. The number of quaternary nitrogens is 1. The third-order valence-electron chi connectivity index (χ3n) is 0.605. The summed E-state index contributed by atoms with van der Waals surface area (Å²) in [4.78, 5) is 0. The van der Waals surface area contributed by atoms with Crippen molar-refractivity contribution in [2.24, 2.45) is 0 Å². The van der Waals surface area contributed by atoms with Gasteiger partial charge in [0.05, 0.1) is 11.9 Å². The van der Waals surface area contributed by atoms with Gasteiger partial charge in [0, 0.05) is 0 Å². The van der Waals surface area contributed by atoms with Gasteiger partial charge in [-0.05, 0) is 0 Å². The van der Waals surface area contributed by atoms with Crippen LogP contribution in [0.2, 0.25) is 0 Å². The van der Waals surface area contributed by atoms with Gasteiger partial charge in [0.25, 0.3) is 0 Å². The van der Waals surface area contributed by atoms with Crippen LogP contribution in [-0.4, -0.2) is 12.5 Å². The fourth-order valence-electron chi connectivity index (χ4n) is 0.336. The molecule has 0 aromatic carbocycles. The maximum atomic E-state index is 10.1. The maximum Gasteiger partial charge on any atom is 0.142 e. The molecule has 0 aromatic rings. The molecule has 1 unspecified atom stereocenters. The van der Waals surface area contributed by atoms with Gasteiger partial charge in [-0.25, -0.2) is 0 Å². The third-order valence-corrected chi connectivity index (χ3v) is 1.42. The van der Waals surface area contributed by atoms with Gasteiger partial charge < -0.3 is 5.21 Å². The van der Waals surface area contributed by atoms with E-state index in [4.69, 9.17) is 0 Å². The number of hydroxylamine groups is 1. The standard InChI is InChI=1S/C2H6N2OS/c5-4-1-3-2-6-4/h3-4H,1-2H2. The lowest BCUT2D eigenvalue weighted by molar-refractivity contribution is -0.690. The lowest BCUT2D eigenvalue weighted by Crippen LogP contribution is -2.99. The van der Waals surface area contributed by atoms with E-state index in [-0.39, 0.29) is 4.47 Å². The van der Waals surface area contributed by atoms with Crippen LogP contribution in [0.25, 0.3) is 0 Å². The number of hydrogen-bond acceptors (Lipinski definition) is 3. The Labute approximate surface area is 40.4 Å². The van der Waals surface area contributed by atoms with E-state index in [1.54, 1.807) is 0 Å². The van der Waals surface area contributed by atoms with Gasteiger partial charge in [-0.3, -0.25) is 9.79 Å². The molecule has 0 radical (unpaired) electrons. The molecule has 6 heavy (non-hydrogen) atoms. The molecule has 3 nitrogen and oxygen atoms in total. The summed E-state index contributed by atoms with van der Waals surface area (Å²) in [7, 11) is 0. The highest BCUT2D eigenvalue weighted by Gasteiger charge is 2.04. The molecule has 0 amide bonds. The predicted octanol–water partition coefficient (Wildman–Crippen LogP) is -1.46. The van der Waals surface area contributed by atoms with Gasteiger partial charge in [0.15, 0.2) is 0 Å². The van der Waals surface area contributed by atoms with Crippen molar-refractivity contribution in [2.75, 3.05) is 12.5 Å². The molecule has 0 saturated carbocycles. The topological polar surface area (TPSA) is 39.5 Å². The monoisotopic (exact) mass is 106 g/mol. The van der Waals surface area contributed by atoms with E-state index in [0.717, 1.165) is 5.88 Å². The van der Waals surface area contributed by atoms with Gasteiger partial charge in [-0.1, -0.05) is 0 Å². The lowest BCUT2D eigenvalue weighted by atomic mass is 11.1. The summed E-state index contributed by atoms with van der Waals surface area (Å²) in [5.74, 6) is 0.804. The summed E-state index contributed by atoms with van der Waals surface area (Å²) in [6.45, 7) is 0.560. The highest BCUT2D eigenvalue weighted by molar-refractivity contribution is 7.93. The normalized spacial score (nSPS) is 34.5. The van der Waals surface area contributed by atoms with Crippen molar-refractivity contribution in [1.29, 1.82) is 0 Å². The maximum absolute atomic E-state index is 10.1. The Morgan fingerprint density at radius 2 is 2.67 bits per heavy atom. The van der Waals surface area contributed by atoms with Crippen molar-refractivity contribution in [3.8, 4) is 0 Å². The average molecular weight is 106 g/mol. The largest absolute Gasteiger partial charge is 0.621 e. The zero-order valence-corrected chi connectivity index (χ0v) is 4.05. The van der Waals surface area contributed by atoms with E-state index in [9.17, 15) is 5.21 Å². The molecule has 0 aromatic heterocycles. The molecular weight excluding hydrogens is 100 g/mol. The fraction of sp³-hybridized carbons (Fsp3) is 1.00. The second kappa shape index (κ2) is 1.79. The second-order valence-corrected chi connectivity index (χ2v) is 2.12. The van der Waals surface area contributed by atoms with Crippen LogP contribution in [0.15, 0.2) is 0 Å². The van der Waals surface area contributed by atoms with Gasteiger partial charge in [0.1, 0.15) is 12.5 Å². The predicted molar refractivity (Wildman–Crippen MR) is 24.8 cm³/mol. The van der Waals surface area contributed by atoms with Crippen LogP contribution in [0.1, 0.15) is 0 Å². The molecule has 1 aliphatic rings. The van der Waals surface area contributed by atoms with E-state index >= 15 is 0 Å². The summed E-state index contributed by atoms with van der Waals surface area (Å²) < 4.78 is 0.259. The number of nitrogens with one attached hydrogen (secondary N) is 2. The molecule has 1 rings (SSSR count). The molecule has 36 valence electrons. The van der Waals surface area contributed by atoms with Crippen molar-refractivity contribution in [3.05, 3.63) is 5.21 Å². The minimum Gasteiger partial charge on any atom is -0.621 e. The van der Waals surface area contributed by atoms with E-state index in [1.807, 2.05) is 0 Å². The number of hydrogen-bond donors (Lipinski definition) is 2. The van der Waals surface area contributed by atoms with Crippen LogP contribution in [0.5, 0.6) is 0 Å². The molecule has 1 atom stereocenters. The van der Waals surface area contributed by atoms with Crippen LogP contribution in [0.4, 0.5) is 0 Å². The molecule has 0 spiro atoms. The van der Waals surface area contributed by atoms with Crippen molar-refractivity contribution >= 4 is 11.9 Å². The minimum atomic E-state index is 0.259. The van der Waals surface area contributed by atoms with Crippen LogP contribution in [0.3, 0.4) is 0 Å².